The first-order valence-electron chi connectivity index (χ1n) is 11.4. The maximum Gasteiger partial charge on any atom is 0.254 e. The lowest BCUT2D eigenvalue weighted by Gasteiger charge is -2.37. The average Bonchev–Trinajstić information content (AvgIpc) is 3.32. The second-order valence-electron chi connectivity index (χ2n) is 8.53. The van der Waals surface area contributed by atoms with Gasteiger partial charge in [0.25, 0.3) is 5.91 Å². The van der Waals surface area contributed by atoms with E-state index in [2.05, 4.69) is 35.7 Å². The van der Waals surface area contributed by atoms with Gasteiger partial charge in [0.1, 0.15) is 12.4 Å². The van der Waals surface area contributed by atoms with E-state index in [1.165, 1.54) is 29.1 Å². The molecule has 5 nitrogen and oxygen atoms in total. The summed E-state index contributed by atoms with van der Waals surface area (Å²) in [6, 6.07) is 15.6. The number of nitrogens with zero attached hydrogens (tertiary/aromatic N) is 2. The summed E-state index contributed by atoms with van der Waals surface area (Å²) >= 11 is 1.72. The van der Waals surface area contributed by atoms with E-state index < -0.39 is 5.82 Å². The van der Waals surface area contributed by atoms with Gasteiger partial charge in [0.15, 0.2) is 0 Å². The molecule has 1 unspecified atom stereocenters. The number of rotatable bonds is 8. The molecule has 2 heterocycles. The van der Waals surface area contributed by atoms with Crippen LogP contribution in [0.4, 0.5) is 4.39 Å². The quantitative estimate of drug-likeness (QED) is 0.433. The number of aryl methyl sites for hydroxylation is 1. The Bertz CT molecular complexity index is 1130. The summed E-state index contributed by atoms with van der Waals surface area (Å²) in [7, 11) is 1.61. The van der Waals surface area contributed by atoms with Crippen molar-refractivity contribution in [1.29, 1.82) is 0 Å². The third kappa shape index (κ3) is 5.37. The molecule has 178 valence electrons. The standard InChI is InChI=1S/C27H29FN2O3S/c1-19-4-6-20(7-5-19)26-23-13-17-34-24(23)12-15-30(26)25(31)18-29(14-3-16-33-2)27(32)21-8-10-22(28)11-9-21/h4-11,13,17,26H,3,12,14-16,18H2,1-2H3. The van der Waals surface area contributed by atoms with Crippen LogP contribution in [0.25, 0.3) is 0 Å². The molecule has 34 heavy (non-hydrogen) atoms. The van der Waals surface area contributed by atoms with Crippen molar-refractivity contribution in [2.45, 2.75) is 25.8 Å². The predicted molar refractivity (Wildman–Crippen MR) is 132 cm³/mol. The molecule has 2 aromatic carbocycles. The lowest BCUT2D eigenvalue weighted by Crippen LogP contribution is -2.47. The van der Waals surface area contributed by atoms with Gasteiger partial charge < -0.3 is 14.5 Å². The van der Waals surface area contributed by atoms with E-state index in [4.69, 9.17) is 4.74 Å². The fraction of sp³-hybridized carbons (Fsp3) is 0.333. The molecule has 0 spiro atoms. The van der Waals surface area contributed by atoms with E-state index >= 15 is 0 Å². The Labute approximate surface area is 203 Å². The first-order valence-corrected chi connectivity index (χ1v) is 12.3. The monoisotopic (exact) mass is 480 g/mol. The lowest BCUT2D eigenvalue weighted by molar-refractivity contribution is -0.134. The number of methoxy groups -OCH3 is 1. The van der Waals surface area contributed by atoms with Gasteiger partial charge in [-0.3, -0.25) is 9.59 Å². The predicted octanol–water partition coefficient (Wildman–Crippen LogP) is 4.85. The lowest BCUT2D eigenvalue weighted by atomic mass is 9.92. The Morgan fingerprint density at radius 3 is 2.56 bits per heavy atom. The number of carbonyl (C=O) groups excluding carboxylic acids is 2. The van der Waals surface area contributed by atoms with Crippen molar-refractivity contribution in [1.82, 2.24) is 9.80 Å². The summed E-state index contributed by atoms with van der Waals surface area (Å²) in [5.74, 6) is -0.792. The zero-order chi connectivity index (χ0) is 24.1. The zero-order valence-corrected chi connectivity index (χ0v) is 20.3. The third-order valence-electron chi connectivity index (χ3n) is 6.16. The topological polar surface area (TPSA) is 49.9 Å². The van der Waals surface area contributed by atoms with E-state index in [0.29, 0.717) is 31.7 Å². The highest BCUT2D eigenvalue weighted by atomic mass is 32.1. The van der Waals surface area contributed by atoms with Crippen LogP contribution in [0.1, 0.15) is 44.4 Å². The van der Waals surface area contributed by atoms with Gasteiger partial charge >= 0.3 is 0 Å². The van der Waals surface area contributed by atoms with Crippen molar-refractivity contribution < 1.29 is 18.7 Å². The normalized spacial score (nSPS) is 15.1. The maximum absolute atomic E-state index is 13.7. The molecule has 4 rings (SSSR count). The first-order chi connectivity index (χ1) is 16.5. The van der Waals surface area contributed by atoms with Gasteiger partial charge in [-0.15, -0.1) is 11.3 Å². The molecular weight excluding hydrogens is 451 g/mol. The van der Waals surface area contributed by atoms with Crippen LogP contribution in [0, 0.1) is 12.7 Å². The minimum atomic E-state index is -0.403. The van der Waals surface area contributed by atoms with Gasteiger partial charge in [0, 0.05) is 37.2 Å². The number of fused-ring (bicyclic) bond motifs is 1. The number of hydrogen-bond donors (Lipinski definition) is 0. The summed E-state index contributed by atoms with van der Waals surface area (Å²) in [4.78, 5) is 31.6. The van der Waals surface area contributed by atoms with Crippen LogP contribution in [0.3, 0.4) is 0 Å². The van der Waals surface area contributed by atoms with Gasteiger partial charge in [-0.05, 0) is 66.6 Å². The molecular formula is C27H29FN2O3S. The van der Waals surface area contributed by atoms with Crippen molar-refractivity contribution in [3.63, 3.8) is 0 Å². The fourth-order valence-corrected chi connectivity index (χ4v) is 5.28. The minimum absolute atomic E-state index is 0.0399. The molecule has 0 bridgehead atoms. The Hall–Kier alpha value is -3.03. The zero-order valence-electron chi connectivity index (χ0n) is 19.5. The highest BCUT2D eigenvalue weighted by Gasteiger charge is 2.34. The van der Waals surface area contributed by atoms with Gasteiger partial charge in [-0.2, -0.15) is 0 Å². The van der Waals surface area contributed by atoms with Crippen LogP contribution in [-0.4, -0.2) is 55.0 Å². The highest BCUT2D eigenvalue weighted by molar-refractivity contribution is 7.10. The Balaban J connectivity index is 1.59. The van der Waals surface area contributed by atoms with Crippen LogP contribution >= 0.6 is 11.3 Å². The maximum atomic E-state index is 13.7. The van der Waals surface area contributed by atoms with Crippen molar-refractivity contribution >= 4 is 23.2 Å². The molecule has 1 aliphatic heterocycles. The van der Waals surface area contributed by atoms with E-state index in [1.54, 1.807) is 23.3 Å². The number of hydrogen-bond acceptors (Lipinski definition) is 4. The van der Waals surface area contributed by atoms with Gasteiger partial charge in [-0.25, -0.2) is 4.39 Å². The molecule has 0 saturated carbocycles. The smallest absolute Gasteiger partial charge is 0.254 e. The molecule has 1 aromatic heterocycles. The molecule has 3 aromatic rings. The van der Waals surface area contributed by atoms with Crippen molar-refractivity contribution in [3.05, 3.63) is 92.9 Å². The molecule has 7 heteroatoms. The second kappa shape index (κ2) is 10.9. The first kappa shape index (κ1) is 24.1. The SMILES string of the molecule is COCCCN(CC(=O)N1CCc2sccc2C1c1ccc(C)cc1)C(=O)c1ccc(F)cc1. The number of benzene rings is 2. The van der Waals surface area contributed by atoms with Crippen LogP contribution in [-0.2, 0) is 16.0 Å². The third-order valence-corrected chi connectivity index (χ3v) is 7.16. The summed E-state index contributed by atoms with van der Waals surface area (Å²) < 4.78 is 18.5. The van der Waals surface area contributed by atoms with Gasteiger partial charge in [0.2, 0.25) is 5.91 Å². The van der Waals surface area contributed by atoms with Crippen LogP contribution in [0.15, 0.2) is 60.0 Å². The summed E-state index contributed by atoms with van der Waals surface area (Å²) in [5.41, 5.74) is 3.75. The number of thiophene rings is 1. The second-order valence-corrected chi connectivity index (χ2v) is 9.53. The number of amides is 2. The van der Waals surface area contributed by atoms with E-state index in [0.717, 1.165) is 23.1 Å². The number of ether oxygens (including phenoxy) is 1. The summed E-state index contributed by atoms with van der Waals surface area (Å²) in [6.45, 7) is 3.46. The van der Waals surface area contributed by atoms with E-state index in [1.807, 2.05) is 11.8 Å². The average molecular weight is 481 g/mol. The molecule has 0 saturated heterocycles. The molecule has 0 N–H and O–H groups in total. The Kier molecular flexibility index (Phi) is 7.75. The Morgan fingerprint density at radius 1 is 1.12 bits per heavy atom. The minimum Gasteiger partial charge on any atom is -0.385 e. The molecule has 1 aliphatic rings. The summed E-state index contributed by atoms with van der Waals surface area (Å²) in [5, 5.41) is 2.08. The fourth-order valence-electron chi connectivity index (χ4n) is 4.37. The summed E-state index contributed by atoms with van der Waals surface area (Å²) in [6.07, 6.45) is 1.41. The molecule has 0 aliphatic carbocycles. The molecule has 0 radical (unpaired) electrons. The number of carbonyl (C=O) groups is 2. The van der Waals surface area contributed by atoms with E-state index in [9.17, 15) is 14.0 Å². The van der Waals surface area contributed by atoms with Crippen LogP contribution in [0.2, 0.25) is 0 Å². The van der Waals surface area contributed by atoms with Crippen LogP contribution < -0.4 is 0 Å². The number of halogens is 1. The van der Waals surface area contributed by atoms with E-state index in [-0.39, 0.29) is 24.4 Å². The largest absolute Gasteiger partial charge is 0.385 e. The van der Waals surface area contributed by atoms with Crippen molar-refractivity contribution in [2.24, 2.45) is 0 Å². The highest BCUT2D eigenvalue weighted by Crippen LogP contribution is 2.38. The van der Waals surface area contributed by atoms with Gasteiger partial charge in [0.05, 0.1) is 6.04 Å². The molecule has 0 fully saturated rings. The van der Waals surface area contributed by atoms with Gasteiger partial charge in [-0.1, -0.05) is 29.8 Å². The van der Waals surface area contributed by atoms with Crippen molar-refractivity contribution in [3.8, 4) is 0 Å². The van der Waals surface area contributed by atoms with Crippen LogP contribution in [0.5, 0.6) is 0 Å². The van der Waals surface area contributed by atoms with Crippen molar-refractivity contribution in [2.75, 3.05) is 33.4 Å². The Morgan fingerprint density at radius 2 is 1.85 bits per heavy atom. The molecule has 1 atom stereocenters. The molecule has 2 amide bonds.